The average Bonchev–Trinajstić information content (AvgIpc) is 2.43. The zero-order valence-corrected chi connectivity index (χ0v) is 12.1. The molecule has 1 atom stereocenters. The van der Waals surface area contributed by atoms with Crippen LogP contribution in [0.25, 0.3) is 0 Å². The molecule has 0 aromatic heterocycles. The van der Waals surface area contributed by atoms with Gasteiger partial charge >= 0.3 is 11.9 Å². The van der Waals surface area contributed by atoms with E-state index in [0.29, 0.717) is 5.56 Å². The largest absolute Gasteiger partial charge is 0.478 e. The van der Waals surface area contributed by atoms with Crippen molar-refractivity contribution < 1.29 is 19.4 Å². The van der Waals surface area contributed by atoms with E-state index in [-0.39, 0.29) is 11.7 Å². The van der Waals surface area contributed by atoms with Crippen molar-refractivity contribution in [1.29, 1.82) is 0 Å². The molecule has 0 aliphatic heterocycles. The lowest BCUT2D eigenvalue weighted by Crippen LogP contribution is -2.15. The van der Waals surface area contributed by atoms with Crippen LogP contribution in [0.4, 0.5) is 0 Å². The highest BCUT2D eigenvalue weighted by Crippen LogP contribution is 2.11. The first-order chi connectivity index (χ1) is 9.54. The molecule has 0 fully saturated rings. The molecule has 0 heterocycles. The Kier molecular flexibility index (Phi) is 6.77. The van der Waals surface area contributed by atoms with Crippen LogP contribution in [0.5, 0.6) is 0 Å². The van der Waals surface area contributed by atoms with Crippen LogP contribution < -0.4 is 0 Å². The van der Waals surface area contributed by atoms with Crippen LogP contribution in [0.1, 0.15) is 66.7 Å². The lowest BCUT2D eigenvalue weighted by Gasteiger charge is -2.13. The molecular weight excluding hydrogens is 256 g/mol. The smallest absolute Gasteiger partial charge is 0.338 e. The normalized spacial score (nSPS) is 11.9. The summed E-state index contributed by atoms with van der Waals surface area (Å²) >= 11 is 0. The van der Waals surface area contributed by atoms with Crippen molar-refractivity contribution in [1.82, 2.24) is 0 Å². The molecule has 0 saturated carbocycles. The number of carboxylic acid groups (broad SMARTS) is 1. The van der Waals surface area contributed by atoms with Gasteiger partial charge in [-0.25, -0.2) is 9.59 Å². The molecule has 1 N–H and O–H groups in total. The monoisotopic (exact) mass is 278 g/mol. The maximum Gasteiger partial charge on any atom is 0.338 e. The van der Waals surface area contributed by atoms with E-state index in [1.807, 2.05) is 6.92 Å². The highest BCUT2D eigenvalue weighted by molar-refractivity contribution is 5.92. The van der Waals surface area contributed by atoms with Crippen molar-refractivity contribution in [3.8, 4) is 0 Å². The number of carbonyl (C=O) groups excluding carboxylic acids is 1. The van der Waals surface area contributed by atoms with E-state index in [0.717, 1.165) is 19.3 Å². The van der Waals surface area contributed by atoms with Crippen molar-refractivity contribution >= 4 is 11.9 Å². The Hall–Kier alpha value is -1.84. The summed E-state index contributed by atoms with van der Waals surface area (Å²) in [6, 6.07) is 5.78. The van der Waals surface area contributed by atoms with E-state index in [4.69, 9.17) is 9.84 Å². The van der Waals surface area contributed by atoms with Crippen LogP contribution >= 0.6 is 0 Å². The highest BCUT2D eigenvalue weighted by atomic mass is 16.5. The zero-order valence-electron chi connectivity index (χ0n) is 12.1. The molecule has 0 saturated heterocycles. The third kappa shape index (κ3) is 5.43. The van der Waals surface area contributed by atoms with Crippen LogP contribution in [-0.2, 0) is 4.74 Å². The quantitative estimate of drug-likeness (QED) is 0.578. The van der Waals surface area contributed by atoms with E-state index in [1.165, 1.54) is 37.1 Å². The first-order valence-corrected chi connectivity index (χ1v) is 7.09. The van der Waals surface area contributed by atoms with E-state index in [1.54, 1.807) is 0 Å². The number of benzene rings is 1. The standard InChI is InChI=1S/C16H22O4/c1-3-4-5-6-7-12(2)20-16(19)14-10-8-13(9-11-14)15(17)18/h8-12H,3-7H2,1-2H3,(H,17,18). The molecule has 0 bridgehead atoms. The molecule has 4 heteroatoms. The van der Waals surface area contributed by atoms with Gasteiger partial charge in [-0.1, -0.05) is 26.2 Å². The molecule has 1 aromatic rings. The number of rotatable bonds is 8. The summed E-state index contributed by atoms with van der Waals surface area (Å²) in [6.07, 6.45) is 5.35. The second kappa shape index (κ2) is 8.35. The predicted molar refractivity (Wildman–Crippen MR) is 77.0 cm³/mol. The number of hydrogen-bond donors (Lipinski definition) is 1. The predicted octanol–water partition coefficient (Wildman–Crippen LogP) is 3.90. The third-order valence-electron chi connectivity index (χ3n) is 3.14. The Bertz CT molecular complexity index is 436. The number of carboxylic acids is 1. The fourth-order valence-corrected chi connectivity index (χ4v) is 1.92. The molecule has 20 heavy (non-hydrogen) atoms. The van der Waals surface area contributed by atoms with E-state index < -0.39 is 11.9 Å². The number of aromatic carboxylic acids is 1. The van der Waals surface area contributed by atoms with Gasteiger partial charge < -0.3 is 9.84 Å². The molecule has 0 spiro atoms. The maximum atomic E-state index is 11.9. The summed E-state index contributed by atoms with van der Waals surface area (Å²) in [6.45, 7) is 4.04. The molecule has 4 nitrogen and oxygen atoms in total. The fourth-order valence-electron chi connectivity index (χ4n) is 1.92. The van der Waals surface area contributed by atoms with Gasteiger partial charge in [-0.3, -0.25) is 0 Å². The Morgan fingerprint density at radius 3 is 2.25 bits per heavy atom. The van der Waals surface area contributed by atoms with Crippen molar-refractivity contribution in [2.24, 2.45) is 0 Å². The average molecular weight is 278 g/mol. The fraction of sp³-hybridized carbons (Fsp3) is 0.500. The summed E-state index contributed by atoms with van der Waals surface area (Å²) in [7, 11) is 0. The minimum Gasteiger partial charge on any atom is -0.478 e. The van der Waals surface area contributed by atoms with Gasteiger partial charge in [-0.15, -0.1) is 0 Å². The van der Waals surface area contributed by atoms with Crippen LogP contribution in [0.15, 0.2) is 24.3 Å². The minimum absolute atomic E-state index is 0.112. The van der Waals surface area contributed by atoms with Gasteiger partial charge in [-0.05, 0) is 44.0 Å². The number of esters is 1. The van der Waals surface area contributed by atoms with Gasteiger partial charge in [0.2, 0.25) is 0 Å². The summed E-state index contributed by atoms with van der Waals surface area (Å²) < 4.78 is 5.33. The molecule has 1 rings (SSSR count). The SMILES string of the molecule is CCCCCCC(C)OC(=O)c1ccc(C(=O)O)cc1. The summed E-state index contributed by atoms with van der Waals surface area (Å²) in [5.74, 6) is -1.40. The third-order valence-corrected chi connectivity index (χ3v) is 3.14. The molecule has 1 unspecified atom stereocenters. The molecular formula is C16H22O4. The summed E-state index contributed by atoms with van der Waals surface area (Å²) in [4.78, 5) is 22.6. The van der Waals surface area contributed by atoms with Gasteiger partial charge in [0.05, 0.1) is 17.2 Å². The highest BCUT2D eigenvalue weighted by Gasteiger charge is 2.12. The molecule has 110 valence electrons. The van der Waals surface area contributed by atoms with Gasteiger partial charge in [0.15, 0.2) is 0 Å². The van der Waals surface area contributed by atoms with Gasteiger partial charge in [0, 0.05) is 0 Å². The van der Waals surface area contributed by atoms with Crippen molar-refractivity contribution in [3.63, 3.8) is 0 Å². The topological polar surface area (TPSA) is 63.6 Å². The van der Waals surface area contributed by atoms with Crippen LogP contribution in [0.3, 0.4) is 0 Å². The second-order valence-corrected chi connectivity index (χ2v) is 4.95. The summed E-state index contributed by atoms with van der Waals surface area (Å²) in [5.41, 5.74) is 0.546. The van der Waals surface area contributed by atoms with Gasteiger partial charge in [0.1, 0.15) is 0 Å². The number of ether oxygens (including phenoxy) is 1. The Balaban J connectivity index is 2.43. The van der Waals surface area contributed by atoms with Crippen LogP contribution in [0, 0.1) is 0 Å². The Morgan fingerprint density at radius 2 is 1.70 bits per heavy atom. The lowest BCUT2D eigenvalue weighted by atomic mass is 10.1. The second-order valence-electron chi connectivity index (χ2n) is 4.95. The van der Waals surface area contributed by atoms with Crippen molar-refractivity contribution in [3.05, 3.63) is 35.4 Å². The van der Waals surface area contributed by atoms with Gasteiger partial charge in [-0.2, -0.15) is 0 Å². The molecule has 0 aliphatic rings. The van der Waals surface area contributed by atoms with E-state index in [9.17, 15) is 9.59 Å². The lowest BCUT2D eigenvalue weighted by molar-refractivity contribution is 0.0319. The molecule has 0 aliphatic carbocycles. The Morgan fingerprint density at radius 1 is 1.10 bits per heavy atom. The van der Waals surface area contributed by atoms with Gasteiger partial charge in [0.25, 0.3) is 0 Å². The van der Waals surface area contributed by atoms with Crippen molar-refractivity contribution in [2.45, 2.75) is 52.1 Å². The maximum absolute atomic E-state index is 11.9. The molecule has 1 aromatic carbocycles. The van der Waals surface area contributed by atoms with E-state index in [2.05, 4.69) is 6.92 Å². The summed E-state index contributed by atoms with van der Waals surface area (Å²) in [5, 5.41) is 8.78. The van der Waals surface area contributed by atoms with Crippen molar-refractivity contribution in [2.75, 3.05) is 0 Å². The zero-order chi connectivity index (χ0) is 15.0. The first kappa shape index (κ1) is 16.2. The van der Waals surface area contributed by atoms with Crippen LogP contribution in [-0.4, -0.2) is 23.1 Å². The first-order valence-electron chi connectivity index (χ1n) is 7.09. The molecule has 0 amide bonds. The number of hydrogen-bond acceptors (Lipinski definition) is 3. The number of carbonyl (C=O) groups is 2. The molecule has 0 radical (unpaired) electrons. The van der Waals surface area contributed by atoms with E-state index >= 15 is 0 Å². The minimum atomic E-state index is -1.01. The van der Waals surface area contributed by atoms with Crippen LogP contribution in [0.2, 0.25) is 0 Å². The Labute approximate surface area is 119 Å². The number of unbranched alkanes of at least 4 members (excludes halogenated alkanes) is 3.